The van der Waals surface area contributed by atoms with E-state index in [-0.39, 0.29) is 0 Å². The third-order valence-corrected chi connectivity index (χ3v) is 5.97. The van der Waals surface area contributed by atoms with E-state index >= 15 is 0 Å². The molecule has 0 unspecified atom stereocenters. The zero-order chi connectivity index (χ0) is 18.2. The van der Waals surface area contributed by atoms with E-state index in [4.69, 9.17) is 4.74 Å². The third-order valence-electron chi connectivity index (χ3n) is 4.91. The third kappa shape index (κ3) is 3.20. The SMILES string of the molecule is N#Cc1sc2cnc(Nc3cnc(N4CCOCC4)nc3)cc2c1C1CC1. The van der Waals surface area contributed by atoms with Gasteiger partial charge in [0.2, 0.25) is 5.95 Å². The van der Waals surface area contributed by atoms with Gasteiger partial charge in [-0.25, -0.2) is 15.0 Å². The first-order valence-corrected chi connectivity index (χ1v) is 9.88. The number of nitrogens with zero attached hydrogens (tertiary/aromatic N) is 5. The number of anilines is 3. The van der Waals surface area contributed by atoms with Gasteiger partial charge >= 0.3 is 0 Å². The molecule has 2 aliphatic rings. The van der Waals surface area contributed by atoms with Crippen LogP contribution < -0.4 is 10.2 Å². The van der Waals surface area contributed by atoms with Crippen LogP contribution in [0.2, 0.25) is 0 Å². The average molecular weight is 378 g/mol. The molecular formula is C19H18N6OS. The number of rotatable bonds is 4. The molecule has 1 saturated heterocycles. The Morgan fingerprint density at radius 2 is 1.93 bits per heavy atom. The highest BCUT2D eigenvalue weighted by atomic mass is 32.1. The Balaban J connectivity index is 1.39. The van der Waals surface area contributed by atoms with Crippen molar-refractivity contribution >= 4 is 38.9 Å². The first kappa shape index (κ1) is 16.4. The number of hydrogen-bond acceptors (Lipinski definition) is 8. The summed E-state index contributed by atoms with van der Waals surface area (Å²) in [6.07, 6.45) is 7.74. The summed E-state index contributed by atoms with van der Waals surface area (Å²) in [4.78, 5) is 16.4. The van der Waals surface area contributed by atoms with Gasteiger partial charge in [-0.05, 0) is 30.4 Å². The van der Waals surface area contributed by atoms with Gasteiger partial charge in [0.15, 0.2) is 0 Å². The summed E-state index contributed by atoms with van der Waals surface area (Å²) in [6.45, 7) is 3.05. The molecule has 0 radical (unpaired) electrons. The number of fused-ring (bicyclic) bond motifs is 1. The lowest BCUT2D eigenvalue weighted by Crippen LogP contribution is -2.37. The van der Waals surface area contributed by atoms with E-state index in [0.29, 0.717) is 19.1 Å². The molecule has 0 spiro atoms. The largest absolute Gasteiger partial charge is 0.378 e. The van der Waals surface area contributed by atoms with Crippen LogP contribution in [-0.2, 0) is 4.74 Å². The lowest BCUT2D eigenvalue weighted by molar-refractivity contribution is 0.122. The van der Waals surface area contributed by atoms with Crippen LogP contribution in [0.1, 0.15) is 29.2 Å². The molecule has 8 heteroatoms. The fourth-order valence-corrected chi connectivity index (χ4v) is 4.45. The number of nitrogens with one attached hydrogen (secondary N) is 1. The van der Waals surface area contributed by atoms with Crippen LogP contribution in [0.25, 0.3) is 10.1 Å². The standard InChI is InChI=1S/C19H18N6OS/c20-8-15-18(12-1-2-12)14-7-17(21-11-16(14)27-15)24-13-9-22-19(23-10-13)25-3-5-26-6-4-25/h7,9-12H,1-6H2,(H,21,24). The lowest BCUT2D eigenvalue weighted by Gasteiger charge is -2.26. The molecule has 2 fully saturated rings. The van der Waals surface area contributed by atoms with Crippen molar-refractivity contribution in [2.75, 3.05) is 36.5 Å². The maximum absolute atomic E-state index is 9.43. The number of pyridine rings is 1. The smallest absolute Gasteiger partial charge is 0.225 e. The highest BCUT2D eigenvalue weighted by Crippen LogP contribution is 2.48. The fourth-order valence-electron chi connectivity index (χ4n) is 3.41. The van der Waals surface area contributed by atoms with Crippen molar-refractivity contribution < 1.29 is 4.74 Å². The van der Waals surface area contributed by atoms with Gasteiger partial charge in [0.1, 0.15) is 16.8 Å². The van der Waals surface area contributed by atoms with Gasteiger partial charge < -0.3 is 15.0 Å². The number of hydrogen-bond donors (Lipinski definition) is 1. The minimum atomic E-state index is 0.528. The number of ether oxygens (including phenoxy) is 1. The Morgan fingerprint density at radius 3 is 2.63 bits per heavy atom. The Bertz CT molecular complexity index is 1020. The summed E-state index contributed by atoms with van der Waals surface area (Å²) in [6, 6.07) is 4.39. The Labute approximate surface area is 160 Å². The second kappa shape index (κ2) is 6.76. The van der Waals surface area contributed by atoms with Crippen molar-refractivity contribution in [2.24, 2.45) is 0 Å². The predicted molar refractivity (Wildman–Crippen MR) is 105 cm³/mol. The van der Waals surface area contributed by atoms with Gasteiger partial charge in [0, 0.05) is 24.7 Å². The monoisotopic (exact) mass is 378 g/mol. The summed E-state index contributed by atoms with van der Waals surface area (Å²) in [7, 11) is 0. The summed E-state index contributed by atoms with van der Waals surface area (Å²) in [5.41, 5.74) is 1.99. The van der Waals surface area contributed by atoms with Crippen LogP contribution in [0.15, 0.2) is 24.7 Å². The van der Waals surface area contributed by atoms with Crippen molar-refractivity contribution in [3.8, 4) is 6.07 Å². The summed E-state index contributed by atoms with van der Waals surface area (Å²) < 4.78 is 6.43. The Hall–Kier alpha value is -2.76. The number of morpholine rings is 1. The molecule has 4 heterocycles. The molecule has 0 bridgehead atoms. The molecule has 0 amide bonds. The van der Waals surface area contributed by atoms with Gasteiger partial charge in [0.25, 0.3) is 0 Å². The molecule has 7 nitrogen and oxygen atoms in total. The van der Waals surface area contributed by atoms with E-state index in [1.807, 2.05) is 12.3 Å². The zero-order valence-corrected chi connectivity index (χ0v) is 15.5. The summed E-state index contributed by atoms with van der Waals surface area (Å²) in [5.74, 6) is 1.99. The van der Waals surface area contributed by atoms with E-state index in [2.05, 4.69) is 31.2 Å². The molecule has 5 rings (SSSR count). The molecule has 1 aliphatic heterocycles. The highest BCUT2D eigenvalue weighted by Gasteiger charge is 2.30. The minimum absolute atomic E-state index is 0.528. The summed E-state index contributed by atoms with van der Waals surface area (Å²) >= 11 is 1.53. The van der Waals surface area contributed by atoms with Crippen LogP contribution in [0.5, 0.6) is 0 Å². The quantitative estimate of drug-likeness (QED) is 0.744. The van der Waals surface area contributed by atoms with Gasteiger partial charge in [-0.15, -0.1) is 11.3 Å². The van der Waals surface area contributed by atoms with Crippen LogP contribution in [0.4, 0.5) is 17.5 Å². The van der Waals surface area contributed by atoms with Crippen molar-refractivity contribution in [1.82, 2.24) is 15.0 Å². The van der Waals surface area contributed by atoms with Crippen molar-refractivity contribution in [1.29, 1.82) is 5.26 Å². The molecule has 1 N–H and O–H groups in total. The van der Waals surface area contributed by atoms with E-state index in [1.54, 1.807) is 12.4 Å². The zero-order valence-electron chi connectivity index (χ0n) is 14.7. The minimum Gasteiger partial charge on any atom is -0.378 e. The number of thiophene rings is 1. The second-order valence-corrected chi connectivity index (χ2v) is 7.85. The van der Waals surface area contributed by atoms with Gasteiger partial charge in [-0.3, -0.25) is 0 Å². The van der Waals surface area contributed by atoms with Gasteiger partial charge in [-0.2, -0.15) is 5.26 Å². The van der Waals surface area contributed by atoms with Gasteiger partial charge in [-0.1, -0.05) is 0 Å². The Morgan fingerprint density at radius 1 is 1.15 bits per heavy atom. The molecule has 1 saturated carbocycles. The molecule has 136 valence electrons. The molecule has 3 aromatic heterocycles. The van der Waals surface area contributed by atoms with E-state index in [9.17, 15) is 5.26 Å². The molecule has 0 aromatic carbocycles. The van der Waals surface area contributed by atoms with Crippen molar-refractivity contribution in [3.05, 3.63) is 35.1 Å². The van der Waals surface area contributed by atoms with E-state index in [0.717, 1.165) is 45.5 Å². The predicted octanol–water partition coefficient (Wildman–Crippen LogP) is 3.42. The number of nitriles is 1. The van der Waals surface area contributed by atoms with E-state index < -0.39 is 0 Å². The topological polar surface area (TPSA) is 87.0 Å². The molecule has 3 aromatic rings. The summed E-state index contributed by atoms with van der Waals surface area (Å²) in [5, 5.41) is 13.9. The van der Waals surface area contributed by atoms with Crippen LogP contribution in [-0.4, -0.2) is 41.3 Å². The van der Waals surface area contributed by atoms with Crippen LogP contribution >= 0.6 is 11.3 Å². The molecule has 1 aliphatic carbocycles. The lowest BCUT2D eigenvalue weighted by atomic mass is 10.1. The van der Waals surface area contributed by atoms with E-state index in [1.165, 1.54) is 29.7 Å². The van der Waals surface area contributed by atoms with Crippen LogP contribution in [0, 0.1) is 11.3 Å². The highest BCUT2D eigenvalue weighted by molar-refractivity contribution is 7.19. The van der Waals surface area contributed by atoms with Crippen molar-refractivity contribution in [3.63, 3.8) is 0 Å². The first-order valence-electron chi connectivity index (χ1n) is 9.06. The molecular weight excluding hydrogens is 360 g/mol. The van der Waals surface area contributed by atoms with Crippen LogP contribution in [0.3, 0.4) is 0 Å². The Kier molecular flexibility index (Phi) is 4.11. The second-order valence-electron chi connectivity index (χ2n) is 6.79. The normalized spacial score (nSPS) is 17.1. The first-order chi connectivity index (χ1) is 13.3. The molecule has 0 atom stereocenters. The van der Waals surface area contributed by atoms with Gasteiger partial charge in [0.05, 0.1) is 36.0 Å². The maximum atomic E-state index is 9.43. The number of aromatic nitrogens is 3. The van der Waals surface area contributed by atoms with Crippen molar-refractivity contribution in [2.45, 2.75) is 18.8 Å². The average Bonchev–Trinajstić information content (AvgIpc) is 3.49. The maximum Gasteiger partial charge on any atom is 0.225 e. The molecule has 27 heavy (non-hydrogen) atoms. The fraction of sp³-hybridized carbons (Fsp3) is 0.368.